The van der Waals surface area contributed by atoms with Gasteiger partial charge in [-0.25, -0.2) is 0 Å². The second-order valence-electron chi connectivity index (χ2n) is 7.30. The van der Waals surface area contributed by atoms with Crippen LogP contribution < -0.4 is 9.47 Å². The van der Waals surface area contributed by atoms with E-state index < -0.39 is 0 Å². The fourth-order valence-electron chi connectivity index (χ4n) is 3.40. The molecule has 1 saturated heterocycles. The van der Waals surface area contributed by atoms with Crippen molar-refractivity contribution in [2.75, 3.05) is 14.2 Å². The predicted molar refractivity (Wildman–Crippen MR) is 137 cm³/mol. The van der Waals surface area contributed by atoms with E-state index >= 15 is 0 Å². The number of hydrogen-bond donors (Lipinski definition) is 0. The SMILES string of the molecule is COc1cc(Br)c(/C=C2/SC(=NCc3ccccc3)N(Cc3ccccc3)C2=O)cc1OC. The molecule has 3 aromatic carbocycles. The van der Waals surface area contributed by atoms with Gasteiger partial charge in [-0.2, -0.15) is 0 Å². The first-order valence-electron chi connectivity index (χ1n) is 10.3. The number of halogens is 1. The zero-order chi connectivity index (χ0) is 23.2. The Bertz CT molecular complexity index is 1200. The number of thioether (sulfide) groups is 1. The third-order valence-electron chi connectivity index (χ3n) is 5.10. The van der Waals surface area contributed by atoms with E-state index in [0.29, 0.717) is 34.7 Å². The number of amides is 1. The molecule has 4 rings (SSSR count). The predicted octanol–water partition coefficient (Wildman–Crippen LogP) is 6.14. The van der Waals surface area contributed by atoms with Crippen molar-refractivity contribution in [1.82, 2.24) is 4.90 Å². The monoisotopic (exact) mass is 522 g/mol. The second kappa shape index (κ2) is 10.7. The molecule has 0 unspecified atom stereocenters. The molecule has 3 aromatic rings. The van der Waals surface area contributed by atoms with Crippen molar-refractivity contribution in [3.05, 3.63) is 98.9 Å². The van der Waals surface area contributed by atoms with E-state index in [9.17, 15) is 4.79 Å². The quantitative estimate of drug-likeness (QED) is 0.349. The van der Waals surface area contributed by atoms with Crippen LogP contribution in [0.1, 0.15) is 16.7 Å². The van der Waals surface area contributed by atoms with Crippen LogP contribution in [0.3, 0.4) is 0 Å². The van der Waals surface area contributed by atoms with Crippen LogP contribution in [0.25, 0.3) is 6.08 Å². The third-order valence-corrected chi connectivity index (χ3v) is 6.83. The first-order chi connectivity index (χ1) is 16.1. The van der Waals surface area contributed by atoms with Gasteiger partial charge in [-0.1, -0.05) is 76.6 Å². The van der Waals surface area contributed by atoms with Crippen LogP contribution in [0.4, 0.5) is 0 Å². The number of carbonyl (C=O) groups excluding carboxylic acids is 1. The lowest BCUT2D eigenvalue weighted by Crippen LogP contribution is -2.28. The van der Waals surface area contributed by atoms with Gasteiger partial charge in [0.25, 0.3) is 5.91 Å². The van der Waals surface area contributed by atoms with E-state index in [0.717, 1.165) is 21.2 Å². The molecule has 0 aromatic heterocycles. The fourth-order valence-corrected chi connectivity index (χ4v) is 4.80. The van der Waals surface area contributed by atoms with Gasteiger partial charge < -0.3 is 9.47 Å². The standard InChI is InChI=1S/C26H23BrN2O3S/c1-31-22-13-20(21(27)15-23(22)32-2)14-24-25(30)29(17-19-11-7-4-8-12-19)26(33-24)28-16-18-9-5-3-6-10-18/h3-15H,16-17H2,1-2H3/b24-14+,28-26?. The summed E-state index contributed by atoms with van der Waals surface area (Å²) in [5.41, 5.74) is 2.97. The number of carbonyl (C=O) groups is 1. The Hall–Kier alpha value is -3.03. The largest absolute Gasteiger partial charge is 0.493 e. The number of hydrogen-bond acceptors (Lipinski definition) is 5. The van der Waals surface area contributed by atoms with Crippen molar-refractivity contribution in [2.24, 2.45) is 4.99 Å². The molecule has 0 aliphatic carbocycles. The molecule has 33 heavy (non-hydrogen) atoms. The number of amidine groups is 1. The number of rotatable bonds is 7. The van der Waals surface area contributed by atoms with E-state index in [1.807, 2.05) is 78.9 Å². The summed E-state index contributed by atoms with van der Waals surface area (Å²) in [6, 6.07) is 23.7. The summed E-state index contributed by atoms with van der Waals surface area (Å²) in [4.78, 5) is 20.5. The van der Waals surface area contributed by atoms with Gasteiger partial charge in [-0.3, -0.25) is 14.7 Å². The Morgan fingerprint density at radius 3 is 2.18 bits per heavy atom. The van der Waals surface area contributed by atoms with Crippen LogP contribution in [0.5, 0.6) is 11.5 Å². The summed E-state index contributed by atoms with van der Waals surface area (Å²) in [5.74, 6) is 1.15. The van der Waals surface area contributed by atoms with Crippen LogP contribution >= 0.6 is 27.7 Å². The smallest absolute Gasteiger partial charge is 0.267 e. The van der Waals surface area contributed by atoms with Crippen molar-refractivity contribution in [2.45, 2.75) is 13.1 Å². The van der Waals surface area contributed by atoms with Gasteiger partial charge >= 0.3 is 0 Å². The van der Waals surface area contributed by atoms with Gasteiger partial charge in [0.1, 0.15) is 0 Å². The molecular weight excluding hydrogens is 500 g/mol. The molecule has 1 fully saturated rings. The van der Waals surface area contributed by atoms with Gasteiger partial charge in [0.15, 0.2) is 16.7 Å². The van der Waals surface area contributed by atoms with Crippen molar-refractivity contribution in [3.63, 3.8) is 0 Å². The summed E-state index contributed by atoms with van der Waals surface area (Å²) < 4.78 is 11.6. The molecule has 0 atom stereocenters. The maximum Gasteiger partial charge on any atom is 0.267 e. The second-order valence-corrected chi connectivity index (χ2v) is 9.16. The van der Waals surface area contributed by atoms with Gasteiger partial charge in [0.2, 0.25) is 0 Å². The number of nitrogens with zero attached hydrogens (tertiary/aromatic N) is 2. The van der Waals surface area contributed by atoms with E-state index in [2.05, 4.69) is 15.9 Å². The average Bonchev–Trinajstić information content (AvgIpc) is 3.14. The molecule has 7 heteroatoms. The highest BCUT2D eigenvalue weighted by Gasteiger charge is 2.33. The minimum atomic E-state index is -0.0719. The Labute approximate surface area is 206 Å². The average molecular weight is 523 g/mol. The van der Waals surface area contributed by atoms with Gasteiger partial charge in [-0.15, -0.1) is 0 Å². The minimum absolute atomic E-state index is 0.0719. The summed E-state index contributed by atoms with van der Waals surface area (Å²) in [5, 5.41) is 0.690. The third kappa shape index (κ3) is 5.49. The summed E-state index contributed by atoms with van der Waals surface area (Å²) in [6.45, 7) is 0.972. The molecular formula is C26H23BrN2O3S. The van der Waals surface area contributed by atoms with Crippen LogP contribution in [0.15, 0.2) is 87.2 Å². The normalized spacial score (nSPS) is 16.0. The molecule has 1 aliphatic heterocycles. The van der Waals surface area contributed by atoms with Crippen LogP contribution in [0, 0.1) is 0 Å². The minimum Gasteiger partial charge on any atom is -0.493 e. The number of benzene rings is 3. The summed E-state index contributed by atoms with van der Waals surface area (Å²) in [7, 11) is 3.18. The molecule has 5 nitrogen and oxygen atoms in total. The molecule has 1 heterocycles. The van der Waals surface area contributed by atoms with E-state index in [1.54, 1.807) is 19.1 Å². The lowest BCUT2D eigenvalue weighted by Gasteiger charge is -2.15. The number of methoxy groups -OCH3 is 2. The van der Waals surface area contributed by atoms with Crippen molar-refractivity contribution in [3.8, 4) is 11.5 Å². The molecule has 168 valence electrons. The van der Waals surface area contributed by atoms with E-state index in [-0.39, 0.29) is 5.91 Å². The molecule has 0 spiro atoms. The molecule has 0 saturated carbocycles. The Morgan fingerprint density at radius 2 is 1.55 bits per heavy atom. The maximum atomic E-state index is 13.4. The van der Waals surface area contributed by atoms with Crippen LogP contribution in [-0.4, -0.2) is 30.2 Å². The zero-order valence-electron chi connectivity index (χ0n) is 18.3. The summed E-state index contributed by atoms with van der Waals surface area (Å²) >= 11 is 4.97. The molecule has 0 bridgehead atoms. The Balaban J connectivity index is 1.68. The van der Waals surface area contributed by atoms with Crippen molar-refractivity contribution < 1.29 is 14.3 Å². The molecule has 1 aliphatic rings. The summed E-state index contributed by atoms with van der Waals surface area (Å²) in [6.07, 6.45) is 1.86. The highest BCUT2D eigenvalue weighted by molar-refractivity contribution is 9.10. The van der Waals surface area contributed by atoms with Crippen LogP contribution in [-0.2, 0) is 17.9 Å². The topological polar surface area (TPSA) is 51.1 Å². The maximum absolute atomic E-state index is 13.4. The zero-order valence-corrected chi connectivity index (χ0v) is 20.7. The van der Waals surface area contributed by atoms with Crippen molar-refractivity contribution in [1.29, 1.82) is 0 Å². The first kappa shape index (κ1) is 23.1. The Kier molecular flexibility index (Phi) is 7.52. The lowest BCUT2D eigenvalue weighted by atomic mass is 10.1. The highest BCUT2D eigenvalue weighted by atomic mass is 79.9. The molecule has 0 radical (unpaired) electrons. The van der Waals surface area contributed by atoms with E-state index in [1.165, 1.54) is 11.8 Å². The lowest BCUT2D eigenvalue weighted by molar-refractivity contribution is -0.122. The number of ether oxygens (including phenoxy) is 2. The van der Waals surface area contributed by atoms with E-state index in [4.69, 9.17) is 14.5 Å². The fraction of sp³-hybridized carbons (Fsp3) is 0.154. The molecule has 1 amide bonds. The highest BCUT2D eigenvalue weighted by Crippen LogP contribution is 2.38. The van der Waals surface area contributed by atoms with Gasteiger partial charge in [0.05, 0.1) is 32.2 Å². The number of aliphatic imine (C=N–C) groups is 1. The van der Waals surface area contributed by atoms with Gasteiger partial charge in [0, 0.05) is 4.47 Å². The van der Waals surface area contributed by atoms with Gasteiger partial charge in [-0.05, 0) is 46.7 Å². The molecule has 0 N–H and O–H groups in total. The Morgan fingerprint density at radius 1 is 0.939 bits per heavy atom. The van der Waals surface area contributed by atoms with Crippen molar-refractivity contribution >= 4 is 44.8 Å². The van der Waals surface area contributed by atoms with Crippen LogP contribution in [0.2, 0.25) is 0 Å². The first-order valence-corrected chi connectivity index (χ1v) is 11.9.